The van der Waals surface area contributed by atoms with Crippen molar-refractivity contribution in [3.8, 4) is 0 Å². The Balaban J connectivity index is 0.000000248. The first-order valence-electron chi connectivity index (χ1n) is 13.4. The van der Waals surface area contributed by atoms with E-state index in [0.29, 0.717) is 16.8 Å². The van der Waals surface area contributed by atoms with Gasteiger partial charge in [-0.3, -0.25) is 18.7 Å². The predicted octanol–water partition coefficient (Wildman–Crippen LogP) is -4.24. The highest BCUT2D eigenvalue weighted by Gasteiger charge is 2.44. The molecule has 6 atom stereocenters. The van der Waals surface area contributed by atoms with E-state index in [9.17, 15) is 24.9 Å². The SMILES string of the molecule is CC(C)[C@H](N)C(=O)OCC(CO)OCn1cnc2c(=O)nc(N)[nH]c21.Nc1ncnc2c1ncn2[C@@H]1O[C@H](CO)[C@@H](O)[C@@H]1O.O. The third-order valence-corrected chi connectivity index (χ3v) is 6.74. The minimum Gasteiger partial charge on any atom is -0.462 e. The number of nitrogens with two attached hydrogens (primary N) is 3. The molecule has 4 aromatic rings. The first kappa shape index (κ1) is 35.1. The molecule has 1 saturated heterocycles. The van der Waals surface area contributed by atoms with Gasteiger partial charge in [0.15, 0.2) is 23.2 Å². The molecule has 1 aliphatic heterocycles. The second-order valence-corrected chi connectivity index (χ2v) is 10.2. The number of nitrogen functional groups attached to an aromatic ring is 2. The number of nitrogens with one attached hydrogen (secondary N) is 1. The van der Waals surface area contributed by atoms with Crippen molar-refractivity contribution in [1.29, 1.82) is 0 Å². The van der Waals surface area contributed by atoms with E-state index in [2.05, 4.69) is 29.9 Å². The highest BCUT2D eigenvalue weighted by Crippen LogP contribution is 2.31. The smallest absolute Gasteiger partial charge is 0.323 e. The molecule has 13 N–H and O–H groups in total. The molecule has 0 bridgehead atoms. The Morgan fingerprint density at radius 2 is 1.82 bits per heavy atom. The van der Waals surface area contributed by atoms with E-state index in [1.165, 1.54) is 28.1 Å². The molecule has 0 aromatic carbocycles. The van der Waals surface area contributed by atoms with Gasteiger partial charge in [-0.25, -0.2) is 19.9 Å². The topological polar surface area (TPSA) is 342 Å². The van der Waals surface area contributed by atoms with Crippen molar-refractivity contribution >= 4 is 40.1 Å². The summed E-state index contributed by atoms with van der Waals surface area (Å²) in [6.07, 6.45) is -0.807. The Kier molecular flexibility index (Phi) is 11.8. The number of aliphatic hydroxyl groups excluding tert-OH is 4. The fourth-order valence-corrected chi connectivity index (χ4v) is 4.13. The first-order valence-corrected chi connectivity index (χ1v) is 13.4. The van der Waals surface area contributed by atoms with Gasteiger partial charge in [0.05, 0.1) is 25.9 Å². The van der Waals surface area contributed by atoms with E-state index in [1.54, 1.807) is 13.8 Å². The van der Waals surface area contributed by atoms with Crippen LogP contribution in [0.1, 0.15) is 20.1 Å². The largest absolute Gasteiger partial charge is 0.462 e. The second-order valence-electron chi connectivity index (χ2n) is 10.2. The fraction of sp³-hybridized carbons (Fsp3) is 0.542. The molecule has 0 amide bonds. The van der Waals surface area contributed by atoms with Gasteiger partial charge in [0.1, 0.15) is 61.3 Å². The molecule has 21 nitrogen and oxygen atoms in total. The van der Waals surface area contributed by atoms with Gasteiger partial charge in [-0.15, -0.1) is 0 Å². The summed E-state index contributed by atoms with van der Waals surface area (Å²) in [5.74, 6) is -0.451. The molecule has 1 aliphatic rings. The summed E-state index contributed by atoms with van der Waals surface area (Å²) in [6.45, 7) is 2.65. The zero-order chi connectivity index (χ0) is 32.1. The maximum atomic E-state index is 11.7. The lowest BCUT2D eigenvalue weighted by molar-refractivity contribution is -0.153. The molecule has 1 unspecified atom stereocenters. The van der Waals surface area contributed by atoms with Crippen LogP contribution in [0, 0.1) is 5.92 Å². The number of aromatic nitrogens is 8. The number of hydrogen-bond acceptors (Lipinski definition) is 17. The molecule has 0 spiro atoms. The molecule has 5 rings (SSSR count). The Labute approximate surface area is 253 Å². The third kappa shape index (κ3) is 7.66. The molecule has 0 radical (unpaired) electrons. The van der Waals surface area contributed by atoms with Crippen LogP contribution in [0.5, 0.6) is 0 Å². The fourth-order valence-electron chi connectivity index (χ4n) is 4.13. The minimum absolute atomic E-state index is 0. The average Bonchev–Trinajstić information content (AvgIpc) is 3.69. The van der Waals surface area contributed by atoms with Gasteiger partial charge < -0.3 is 62.3 Å². The maximum absolute atomic E-state index is 11.7. The van der Waals surface area contributed by atoms with Crippen molar-refractivity contribution in [3.05, 3.63) is 29.3 Å². The Morgan fingerprint density at radius 1 is 1.11 bits per heavy atom. The Hall–Kier alpha value is -4.35. The van der Waals surface area contributed by atoms with E-state index < -0.39 is 54.8 Å². The third-order valence-electron chi connectivity index (χ3n) is 6.74. The van der Waals surface area contributed by atoms with Crippen LogP contribution >= 0.6 is 0 Å². The second kappa shape index (κ2) is 15.1. The number of carbonyl (C=O) groups is 1. The number of hydrogen-bond donors (Lipinski definition) is 8. The van der Waals surface area contributed by atoms with Gasteiger partial charge >= 0.3 is 11.5 Å². The standard InChI is InChI=1S/C14H22N6O5.C10H13N5O4.H2O/c1-7(2)9(15)13(23)24-4-8(3-21)25-6-20-5-17-10-11(20)18-14(16)19-12(10)22;11-8-5-9(13-2-12-8)15(3-14-5)10-7(18)6(17)4(1-16)19-10;/h5,7-9,21H,3-4,6,15H2,1-2H3,(H3,16,18,19,22);2-4,6-7,10,16-18H,1H2,(H2,11,12,13);1H2/t8?,9-;4-,6-,7+,10-;/m01./s1. The molecule has 0 aliphatic carbocycles. The lowest BCUT2D eigenvalue weighted by Gasteiger charge is -2.19. The summed E-state index contributed by atoms with van der Waals surface area (Å²) >= 11 is 0. The van der Waals surface area contributed by atoms with Crippen LogP contribution in [-0.2, 0) is 25.7 Å². The minimum atomic E-state index is -1.19. The van der Waals surface area contributed by atoms with Gasteiger partial charge in [0.25, 0.3) is 0 Å². The number of anilines is 2. The monoisotopic (exact) mass is 639 g/mol. The van der Waals surface area contributed by atoms with E-state index in [4.69, 9.17) is 36.5 Å². The van der Waals surface area contributed by atoms with Crippen LogP contribution in [0.4, 0.5) is 11.8 Å². The number of ether oxygens (including phenoxy) is 3. The van der Waals surface area contributed by atoms with Crippen LogP contribution in [-0.4, -0.2) is 121 Å². The van der Waals surface area contributed by atoms with Crippen LogP contribution in [0.3, 0.4) is 0 Å². The number of aromatic amines is 1. The van der Waals surface area contributed by atoms with Crippen molar-refractivity contribution in [3.63, 3.8) is 0 Å². The number of carbonyl (C=O) groups excluding carboxylic acids is 1. The highest BCUT2D eigenvalue weighted by atomic mass is 16.6. The van der Waals surface area contributed by atoms with E-state index in [-0.39, 0.29) is 48.6 Å². The molecule has 248 valence electrons. The zero-order valence-corrected chi connectivity index (χ0v) is 24.3. The van der Waals surface area contributed by atoms with Crippen molar-refractivity contribution < 1.29 is 44.9 Å². The van der Waals surface area contributed by atoms with Gasteiger partial charge in [0.2, 0.25) is 5.95 Å². The summed E-state index contributed by atoms with van der Waals surface area (Å²) in [4.78, 5) is 45.5. The van der Waals surface area contributed by atoms with Crippen molar-refractivity contribution in [2.45, 2.75) is 57.3 Å². The number of nitrogens with zero attached hydrogens (tertiary/aromatic N) is 7. The Bertz CT molecular complexity index is 1630. The molecule has 45 heavy (non-hydrogen) atoms. The molecule has 0 saturated carbocycles. The molecular weight excluding hydrogens is 602 g/mol. The number of imidazole rings is 2. The normalized spacial score (nSPS) is 20.9. The van der Waals surface area contributed by atoms with Crippen molar-refractivity contribution in [2.24, 2.45) is 11.7 Å². The highest BCUT2D eigenvalue weighted by molar-refractivity contribution is 5.81. The van der Waals surface area contributed by atoms with Gasteiger partial charge in [-0.05, 0) is 5.92 Å². The van der Waals surface area contributed by atoms with Gasteiger partial charge in [-0.2, -0.15) is 4.98 Å². The molecule has 5 heterocycles. The summed E-state index contributed by atoms with van der Waals surface area (Å²) in [6, 6.07) is -0.738. The number of fused-ring (bicyclic) bond motifs is 2. The lowest BCUT2D eigenvalue weighted by atomic mass is 10.1. The van der Waals surface area contributed by atoms with Crippen LogP contribution in [0.15, 0.2) is 23.8 Å². The summed E-state index contributed by atoms with van der Waals surface area (Å²) in [7, 11) is 0. The average molecular weight is 640 g/mol. The van der Waals surface area contributed by atoms with Crippen LogP contribution < -0.4 is 22.8 Å². The van der Waals surface area contributed by atoms with Crippen LogP contribution in [0.2, 0.25) is 0 Å². The molecular formula is C24H37N11O10. The van der Waals surface area contributed by atoms with Gasteiger partial charge in [-0.1, -0.05) is 13.8 Å². The predicted molar refractivity (Wildman–Crippen MR) is 155 cm³/mol. The molecule has 4 aromatic heterocycles. The number of aliphatic hydroxyl groups is 4. The van der Waals surface area contributed by atoms with Crippen molar-refractivity contribution in [1.82, 2.24) is 39.0 Å². The summed E-state index contributed by atoms with van der Waals surface area (Å²) < 4.78 is 18.9. The summed E-state index contributed by atoms with van der Waals surface area (Å²) in [5, 5.41) is 38.1. The first-order chi connectivity index (χ1) is 21.0. The van der Waals surface area contributed by atoms with Crippen molar-refractivity contribution in [2.75, 3.05) is 31.3 Å². The maximum Gasteiger partial charge on any atom is 0.323 e. The lowest BCUT2D eigenvalue weighted by Crippen LogP contribution is -2.39. The van der Waals surface area contributed by atoms with E-state index in [0.717, 1.165) is 0 Å². The van der Waals surface area contributed by atoms with Gasteiger partial charge in [0, 0.05) is 0 Å². The zero-order valence-electron chi connectivity index (χ0n) is 24.3. The van der Waals surface area contributed by atoms with Crippen LogP contribution in [0.25, 0.3) is 22.3 Å². The molecule has 21 heteroatoms. The summed E-state index contributed by atoms with van der Waals surface area (Å²) in [5.41, 5.74) is 17.5. The number of rotatable bonds is 10. The molecule has 1 fully saturated rings. The quantitative estimate of drug-likeness (QED) is 0.0761. The number of H-pyrrole nitrogens is 1. The van der Waals surface area contributed by atoms with E-state index >= 15 is 0 Å². The van der Waals surface area contributed by atoms with E-state index in [1.807, 2.05) is 0 Å². The Morgan fingerprint density at radius 3 is 2.47 bits per heavy atom. The number of esters is 1.